The maximum atomic E-state index is 12.5. The molecule has 4 nitrogen and oxygen atoms in total. The smallest absolute Gasteiger partial charge is 0.296 e. The van der Waals surface area contributed by atoms with Crippen LogP contribution in [0.15, 0.2) is 64.6 Å². The van der Waals surface area contributed by atoms with E-state index in [4.69, 9.17) is 4.18 Å². The summed E-state index contributed by atoms with van der Waals surface area (Å²) in [6.45, 7) is 11.2. The number of benzene rings is 1. The zero-order valence-corrected chi connectivity index (χ0v) is 23.2. The first-order valence-electron chi connectivity index (χ1n) is 13.8. The van der Waals surface area contributed by atoms with E-state index in [-0.39, 0.29) is 17.6 Å². The fourth-order valence-electron chi connectivity index (χ4n) is 7.16. The molecule has 5 heteroatoms. The summed E-state index contributed by atoms with van der Waals surface area (Å²) in [5.41, 5.74) is 5.31. The standard InChI is InChI=1S/C31H44O4S/c1-22-9-15-28(16-10-22)36(33,34)35-20-6-7-24(3)29-17-18-30-25(8-5-19-31(29,30)4)12-13-26-21-27(32)14-11-23(26)2/h9-10,12-13,15-16,24,27,29-30,32H,2,5-8,11,14,17-21H2,1,3-4H3/t24-,27-,29+,30-,31+/m0/s1. The molecule has 198 valence electrons. The van der Waals surface area contributed by atoms with Crippen LogP contribution in [-0.2, 0) is 14.3 Å². The fourth-order valence-corrected chi connectivity index (χ4v) is 8.10. The molecule has 0 saturated heterocycles. The molecule has 4 rings (SSSR count). The zero-order valence-electron chi connectivity index (χ0n) is 22.3. The summed E-state index contributed by atoms with van der Waals surface area (Å²) in [6.07, 6.45) is 14.7. The number of aliphatic hydroxyl groups is 1. The number of hydrogen-bond acceptors (Lipinski definition) is 4. The van der Waals surface area contributed by atoms with Crippen LogP contribution in [0.5, 0.6) is 0 Å². The van der Waals surface area contributed by atoms with E-state index in [9.17, 15) is 13.5 Å². The van der Waals surface area contributed by atoms with Gasteiger partial charge < -0.3 is 5.11 Å². The van der Waals surface area contributed by atoms with Gasteiger partial charge in [-0.1, -0.05) is 61.4 Å². The van der Waals surface area contributed by atoms with Gasteiger partial charge in [0.05, 0.1) is 17.6 Å². The number of hydrogen-bond donors (Lipinski definition) is 1. The highest BCUT2D eigenvalue weighted by atomic mass is 32.2. The van der Waals surface area contributed by atoms with Crippen LogP contribution in [0.4, 0.5) is 0 Å². The van der Waals surface area contributed by atoms with Crippen molar-refractivity contribution in [3.8, 4) is 0 Å². The second kappa shape index (κ2) is 11.4. The second-order valence-corrected chi connectivity index (χ2v) is 13.4. The van der Waals surface area contributed by atoms with Crippen molar-refractivity contribution in [2.24, 2.45) is 23.2 Å². The van der Waals surface area contributed by atoms with Crippen LogP contribution >= 0.6 is 0 Å². The molecule has 1 N–H and O–H groups in total. The van der Waals surface area contributed by atoms with Crippen molar-refractivity contribution in [2.75, 3.05) is 6.61 Å². The van der Waals surface area contributed by atoms with Crippen molar-refractivity contribution in [3.05, 3.63) is 65.3 Å². The molecule has 0 aromatic heterocycles. The SMILES string of the molecule is C=C1CC[C@H](O)CC1=CC=C1CCC[C@]2(C)[C@@H]([C@@H](C)CCCOS(=O)(=O)c3ccc(C)cc3)CC[C@@H]12. The lowest BCUT2D eigenvalue weighted by molar-refractivity contribution is 0.0916. The van der Waals surface area contributed by atoms with Crippen molar-refractivity contribution >= 4 is 10.1 Å². The summed E-state index contributed by atoms with van der Waals surface area (Å²) in [5.74, 6) is 1.81. The van der Waals surface area contributed by atoms with Crippen LogP contribution in [0.2, 0.25) is 0 Å². The average molecular weight is 513 g/mol. The summed E-state index contributed by atoms with van der Waals surface area (Å²) >= 11 is 0. The number of aryl methyl sites for hydroxylation is 1. The van der Waals surface area contributed by atoms with E-state index in [0.717, 1.165) is 37.7 Å². The highest BCUT2D eigenvalue weighted by molar-refractivity contribution is 7.86. The van der Waals surface area contributed by atoms with E-state index < -0.39 is 10.1 Å². The Morgan fingerprint density at radius 2 is 1.92 bits per heavy atom. The Balaban J connectivity index is 1.34. The Bertz CT molecular complexity index is 1100. The molecule has 3 aliphatic rings. The van der Waals surface area contributed by atoms with Crippen LogP contribution in [0.25, 0.3) is 0 Å². The molecule has 0 radical (unpaired) electrons. The Morgan fingerprint density at radius 1 is 1.17 bits per heavy atom. The maximum Gasteiger partial charge on any atom is 0.296 e. The molecule has 5 atom stereocenters. The Labute approximate surface area is 218 Å². The predicted octanol–water partition coefficient (Wildman–Crippen LogP) is 7.29. The highest BCUT2D eigenvalue weighted by Gasteiger charge is 2.50. The maximum absolute atomic E-state index is 12.5. The molecule has 0 amide bonds. The Kier molecular flexibility index (Phi) is 8.63. The van der Waals surface area contributed by atoms with Gasteiger partial charge in [-0.3, -0.25) is 4.18 Å². The first kappa shape index (κ1) is 27.3. The molecule has 36 heavy (non-hydrogen) atoms. The molecule has 3 saturated carbocycles. The van der Waals surface area contributed by atoms with Crippen LogP contribution in [-0.4, -0.2) is 26.2 Å². The summed E-state index contributed by atoms with van der Waals surface area (Å²) in [5, 5.41) is 10.1. The van der Waals surface area contributed by atoms with Gasteiger partial charge in [-0.25, -0.2) is 0 Å². The third-order valence-electron chi connectivity index (χ3n) is 9.26. The lowest BCUT2D eigenvalue weighted by Crippen LogP contribution is -2.36. The first-order chi connectivity index (χ1) is 17.1. The molecule has 0 bridgehead atoms. The average Bonchev–Trinajstić information content (AvgIpc) is 3.20. The van der Waals surface area contributed by atoms with Crippen LogP contribution in [0.1, 0.15) is 83.6 Å². The van der Waals surface area contributed by atoms with Crippen molar-refractivity contribution in [2.45, 2.75) is 96.0 Å². The van der Waals surface area contributed by atoms with Gasteiger partial charge in [0.15, 0.2) is 0 Å². The fraction of sp³-hybridized carbons (Fsp3) is 0.613. The van der Waals surface area contributed by atoms with Gasteiger partial charge in [-0.2, -0.15) is 8.42 Å². The number of fused-ring (bicyclic) bond motifs is 1. The molecule has 3 aliphatic carbocycles. The first-order valence-corrected chi connectivity index (χ1v) is 15.2. The summed E-state index contributed by atoms with van der Waals surface area (Å²) < 4.78 is 30.3. The van der Waals surface area contributed by atoms with Gasteiger partial charge >= 0.3 is 0 Å². The third kappa shape index (κ3) is 6.06. The molecule has 0 heterocycles. The molecular formula is C31H44O4S. The molecular weight excluding hydrogens is 468 g/mol. The van der Waals surface area contributed by atoms with Gasteiger partial charge in [-0.05, 0) is 112 Å². The topological polar surface area (TPSA) is 63.6 Å². The molecule has 1 aromatic carbocycles. The lowest BCUT2D eigenvalue weighted by atomic mass is 9.60. The van der Waals surface area contributed by atoms with Gasteiger partial charge in [0.2, 0.25) is 0 Å². The normalized spacial score (nSPS) is 32.1. The van der Waals surface area contributed by atoms with Crippen molar-refractivity contribution in [3.63, 3.8) is 0 Å². The van der Waals surface area contributed by atoms with E-state index in [1.165, 1.54) is 43.3 Å². The minimum Gasteiger partial charge on any atom is -0.393 e. The van der Waals surface area contributed by atoms with Gasteiger partial charge in [0.25, 0.3) is 10.1 Å². The minimum atomic E-state index is -3.69. The van der Waals surface area contributed by atoms with Gasteiger partial charge in [0.1, 0.15) is 0 Å². The van der Waals surface area contributed by atoms with Crippen molar-refractivity contribution < 1.29 is 17.7 Å². The minimum absolute atomic E-state index is 0.232. The number of allylic oxidation sites excluding steroid dienone is 4. The van der Waals surface area contributed by atoms with E-state index in [0.29, 0.717) is 23.2 Å². The molecule has 1 aromatic rings. The summed E-state index contributed by atoms with van der Waals surface area (Å²) in [4.78, 5) is 0.232. The van der Waals surface area contributed by atoms with Crippen LogP contribution in [0.3, 0.4) is 0 Å². The molecule has 3 fully saturated rings. The second-order valence-electron chi connectivity index (χ2n) is 11.7. The van der Waals surface area contributed by atoms with Crippen LogP contribution in [0, 0.1) is 30.1 Å². The van der Waals surface area contributed by atoms with Crippen molar-refractivity contribution in [1.29, 1.82) is 0 Å². The van der Waals surface area contributed by atoms with Gasteiger partial charge in [0, 0.05) is 0 Å². The third-order valence-corrected chi connectivity index (χ3v) is 10.6. The lowest BCUT2D eigenvalue weighted by Gasteiger charge is -2.44. The van der Waals surface area contributed by atoms with Gasteiger partial charge in [-0.15, -0.1) is 0 Å². The van der Waals surface area contributed by atoms with E-state index in [1.54, 1.807) is 29.8 Å². The summed E-state index contributed by atoms with van der Waals surface area (Å²) in [6, 6.07) is 6.83. The number of rotatable bonds is 8. The molecule has 0 aliphatic heterocycles. The van der Waals surface area contributed by atoms with E-state index >= 15 is 0 Å². The largest absolute Gasteiger partial charge is 0.393 e. The number of aliphatic hydroxyl groups excluding tert-OH is 1. The zero-order chi connectivity index (χ0) is 25.9. The van der Waals surface area contributed by atoms with E-state index in [1.807, 2.05) is 6.92 Å². The highest BCUT2D eigenvalue weighted by Crippen LogP contribution is 2.59. The predicted molar refractivity (Wildman–Crippen MR) is 146 cm³/mol. The van der Waals surface area contributed by atoms with E-state index in [2.05, 4.69) is 32.6 Å². The molecule has 0 unspecified atom stereocenters. The van der Waals surface area contributed by atoms with Crippen molar-refractivity contribution in [1.82, 2.24) is 0 Å². The Morgan fingerprint density at radius 3 is 2.67 bits per heavy atom. The Hall–Kier alpha value is -1.69. The van der Waals surface area contributed by atoms with Crippen LogP contribution < -0.4 is 0 Å². The monoisotopic (exact) mass is 512 g/mol. The summed E-state index contributed by atoms with van der Waals surface area (Å²) in [7, 11) is -3.69. The quantitative estimate of drug-likeness (QED) is 0.293. The molecule has 0 spiro atoms.